The van der Waals surface area contributed by atoms with Gasteiger partial charge in [-0.2, -0.15) is 0 Å². The first-order valence-electron chi connectivity index (χ1n) is 9.28. The average Bonchev–Trinajstić information content (AvgIpc) is 3.39. The molecule has 142 valence electrons. The Morgan fingerprint density at radius 2 is 2.19 bits per heavy atom. The van der Waals surface area contributed by atoms with E-state index in [1.54, 1.807) is 4.57 Å². The third-order valence-electron chi connectivity index (χ3n) is 6.49. The number of pyridine rings is 2. The number of carboxylic acid groups (broad SMARTS) is 1. The Kier molecular flexibility index (Phi) is 3.26. The molecule has 5 rings (SSSR count). The topological polar surface area (TPSA) is 101 Å². The van der Waals surface area contributed by atoms with Crippen LogP contribution in [-0.4, -0.2) is 39.8 Å². The fourth-order valence-electron chi connectivity index (χ4n) is 4.87. The minimum atomic E-state index is -1.31. The van der Waals surface area contributed by atoms with Gasteiger partial charge in [0.05, 0.1) is 5.39 Å². The van der Waals surface area contributed by atoms with Crippen LogP contribution in [0.2, 0.25) is 0 Å². The van der Waals surface area contributed by atoms with Crippen LogP contribution in [0.3, 0.4) is 0 Å². The summed E-state index contributed by atoms with van der Waals surface area (Å²) in [4.78, 5) is 30.4. The standard InChI is InChI=1S/C19H21FN4O3/c1-19-5-14(21)12(19)7-23(8-19)17-13(20)4-10-15(25)11(18(26)27)6-24(9-2-3-9)16(10)22-17/h4,6,9,12,14H,2-3,5,7-8,21H2,1H3,(H,26,27)/t12-,14-,19-/m0/s1. The summed E-state index contributed by atoms with van der Waals surface area (Å²) in [5.41, 5.74) is 5.51. The summed E-state index contributed by atoms with van der Waals surface area (Å²) in [5.74, 6) is -1.36. The van der Waals surface area contributed by atoms with Crippen LogP contribution < -0.4 is 16.1 Å². The van der Waals surface area contributed by atoms with Crippen LogP contribution in [0.15, 0.2) is 17.1 Å². The maximum Gasteiger partial charge on any atom is 0.341 e. The summed E-state index contributed by atoms with van der Waals surface area (Å²) in [6.45, 7) is 3.49. The molecular formula is C19H21FN4O3. The minimum Gasteiger partial charge on any atom is -0.477 e. The van der Waals surface area contributed by atoms with Crippen LogP contribution in [0.1, 0.15) is 42.6 Å². The van der Waals surface area contributed by atoms with Gasteiger partial charge in [-0.05, 0) is 36.7 Å². The predicted octanol–water partition coefficient (Wildman–Crippen LogP) is 1.74. The van der Waals surface area contributed by atoms with Crippen molar-refractivity contribution in [1.82, 2.24) is 9.55 Å². The number of aromatic nitrogens is 2. The van der Waals surface area contributed by atoms with E-state index in [2.05, 4.69) is 11.9 Å². The maximum atomic E-state index is 14.9. The van der Waals surface area contributed by atoms with Gasteiger partial charge in [-0.25, -0.2) is 14.2 Å². The van der Waals surface area contributed by atoms with Gasteiger partial charge in [0.1, 0.15) is 11.2 Å². The normalized spacial score (nSPS) is 29.7. The lowest BCUT2D eigenvalue weighted by molar-refractivity contribution is 0.0694. The number of hydrogen-bond acceptors (Lipinski definition) is 5. The summed E-state index contributed by atoms with van der Waals surface area (Å²) < 4.78 is 16.6. The lowest BCUT2D eigenvalue weighted by Gasteiger charge is -2.46. The number of rotatable bonds is 3. The van der Waals surface area contributed by atoms with Gasteiger partial charge in [0.15, 0.2) is 11.6 Å². The number of carboxylic acids is 1. The van der Waals surface area contributed by atoms with E-state index in [9.17, 15) is 19.1 Å². The summed E-state index contributed by atoms with van der Waals surface area (Å²) in [7, 11) is 0. The van der Waals surface area contributed by atoms with Gasteiger partial charge in [0.2, 0.25) is 5.43 Å². The van der Waals surface area contributed by atoms with Gasteiger partial charge in [0.25, 0.3) is 0 Å². The van der Waals surface area contributed by atoms with Crippen LogP contribution >= 0.6 is 0 Å². The van der Waals surface area contributed by atoms with E-state index < -0.39 is 17.2 Å². The number of nitrogens with zero attached hydrogens (tertiary/aromatic N) is 3. The molecule has 0 spiro atoms. The van der Waals surface area contributed by atoms with Crippen molar-refractivity contribution in [3.05, 3.63) is 33.9 Å². The third-order valence-corrected chi connectivity index (χ3v) is 6.49. The molecular weight excluding hydrogens is 351 g/mol. The van der Waals surface area contributed by atoms with E-state index >= 15 is 0 Å². The van der Waals surface area contributed by atoms with E-state index in [1.165, 1.54) is 6.20 Å². The Morgan fingerprint density at radius 3 is 2.78 bits per heavy atom. The van der Waals surface area contributed by atoms with Crippen LogP contribution in [-0.2, 0) is 0 Å². The zero-order chi connectivity index (χ0) is 19.1. The Bertz CT molecular complexity index is 1050. The number of fused-ring (bicyclic) bond motifs is 2. The predicted molar refractivity (Wildman–Crippen MR) is 97.6 cm³/mol. The Morgan fingerprint density at radius 1 is 1.44 bits per heavy atom. The lowest BCUT2D eigenvalue weighted by Crippen LogP contribution is -2.53. The fourth-order valence-corrected chi connectivity index (χ4v) is 4.87. The Labute approximate surface area is 154 Å². The molecule has 2 saturated carbocycles. The Hall–Kier alpha value is -2.48. The number of anilines is 1. The average molecular weight is 372 g/mol. The van der Waals surface area contributed by atoms with Crippen molar-refractivity contribution in [3.8, 4) is 0 Å². The highest BCUT2D eigenvalue weighted by atomic mass is 19.1. The van der Waals surface area contributed by atoms with Gasteiger partial charge >= 0.3 is 5.97 Å². The van der Waals surface area contributed by atoms with E-state index in [0.29, 0.717) is 24.7 Å². The van der Waals surface area contributed by atoms with Crippen LogP contribution in [0.4, 0.5) is 10.2 Å². The molecule has 2 aromatic rings. The Balaban J connectivity index is 1.67. The van der Waals surface area contributed by atoms with E-state index in [1.807, 2.05) is 4.90 Å². The number of nitrogens with two attached hydrogens (primary N) is 1. The first kappa shape index (κ1) is 16.7. The van der Waals surface area contributed by atoms with Crippen LogP contribution in [0.5, 0.6) is 0 Å². The molecule has 7 nitrogen and oxygen atoms in total. The molecule has 1 aliphatic heterocycles. The molecule has 3 atom stereocenters. The third kappa shape index (κ3) is 2.32. The van der Waals surface area contributed by atoms with Gasteiger partial charge < -0.3 is 20.3 Å². The molecule has 0 aromatic carbocycles. The zero-order valence-electron chi connectivity index (χ0n) is 15.0. The quantitative estimate of drug-likeness (QED) is 0.851. The smallest absolute Gasteiger partial charge is 0.341 e. The second-order valence-corrected chi connectivity index (χ2v) is 8.49. The molecule has 3 heterocycles. The molecule has 0 amide bonds. The highest BCUT2D eigenvalue weighted by Crippen LogP contribution is 2.51. The van der Waals surface area contributed by atoms with Gasteiger partial charge in [0, 0.05) is 31.4 Å². The van der Waals surface area contributed by atoms with Crippen molar-refractivity contribution in [3.63, 3.8) is 0 Å². The van der Waals surface area contributed by atoms with Crippen molar-refractivity contribution in [2.75, 3.05) is 18.0 Å². The second kappa shape index (κ2) is 5.28. The van der Waals surface area contributed by atoms with E-state index in [4.69, 9.17) is 5.73 Å². The van der Waals surface area contributed by atoms with Gasteiger partial charge in [-0.1, -0.05) is 6.92 Å². The van der Waals surface area contributed by atoms with Crippen molar-refractivity contribution in [1.29, 1.82) is 0 Å². The molecule has 8 heteroatoms. The molecule has 3 aliphatic rings. The monoisotopic (exact) mass is 372 g/mol. The fraction of sp³-hybridized carbons (Fsp3) is 0.526. The molecule has 27 heavy (non-hydrogen) atoms. The molecule has 2 aromatic heterocycles. The number of aromatic carboxylic acids is 1. The number of carbonyl (C=O) groups is 1. The SMILES string of the molecule is C[C@@]12C[C@H](N)[C@@H]1CN(c1nc3c(cc1F)c(=O)c(C(=O)O)cn3C1CC1)C2. The molecule has 3 N–H and O–H groups in total. The van der Waals surface area contributed by atoms with Crippen LogP contribution in [0.25, 0.3) is 11.0 Å². The van der Waals surface area contributed by atoms with Crippen LogP contribution in [0, 0.1) is 17.2 Å². The summed E-state index contributed by atoms with van der Waals surface area (Å²) in [6, 6.07) is 1.39. The van der Waals surface area contributed by atoms with E-state index in [-0.39, 0.29) is 34.3 Å². The highest BCUT2D eigenvalue weighted by molar-refractivity contribution is 5.92. The van der Waals surface area contributed by atoms with Gasteiger partial charge in [-0.15, -0.1) is 0 Å². The second-order valence-electron chi connectivity index (χ2n) is 8.49. The van der Waals surface area contributed by atoms with E-state index in [0.717, 1.165) is 25.3 Å². The van der Waals surface area contributed by atoms with Crippen molar-refractivity contribution >= 4 is 22.8 Å². The molecule has 1 saturated heterocycles. The van der Waals surface area contributed by atoms with Crippen molar-refractivity contribution in [2.24, 2.45) is 17.1 Å². The van der Waals surface area contributed by atoms with Crippen molar-refractivity contribution in [2.45, 2.75) is 38.3 Å². The molecule has 3 fully saturated rings. The highest BCUT2D eigenvalue weighted by Gasteiger charge is 2.55. The van der Waals surface area contributed by atoms with Crippen molar-refractivity contribution < 1.29 is 14.3 Å². The molecule has 0 radical (unpaired) electrons. The van der Waals surface area contributed by atoms with Gasteiger partial charge in [-0.3, -0.25) is 4.79 Å². The summed E-state index contributed by atoms with van der Waals surface area (Å²) in [6.07, 6.45) is 4.05. The summed E-state index contributed by atoms with van der Waals surface area (Å²) >= 11 is 0. The first-order chi connectivity index (χ1) is 12.8. The number of hydrogen-bond donors (Lipinski definition) is 2. The molecule has 2 aliphatic carbocycles. The maximum absolute atomic E-state index is 14.9. The number of halogens is 1. The summed E-state index contributed by atoms with van der Waals surface area (Å²) in [5, 5.41) is 9.34. The lowest BCUT2D eigenvalue weighted by atomic mass is 9.60. The molecule has 0 unspecified atom stereocenters. The zero-order valence-corrected chi connectivity index (χ0v) is 15.0. The largest absolute Gasteiger partial charge is 0.477 e. The molecule has 0 bridgehead atoms. The first-order valence-corrected chi connectivity index (χ1v) is 9.28. The minimum absolute atomic E-state index is 0.0214.